The summed E-state index contributed by atoms with van der Waals surface area (Å²) in [4.78, 5) is 23.3. The van der Waals surface area contributed by atoms with Gasteiger partial charge in [0.05, 0.1) is 13.2 Å². The van der Waals surface area contributed by atoms with E-state index in [2.05, 4.69) is 51.7 Å². The van der Waals surface area contributed by atoms with Crippen molar-refractivity contribution in [3.63, 3.8) is 0 Å². The molecule has 2 N–H and O–H groups in total. The smallest absolute Gasteiger partial charge is 0.252 e. The first-order valence-electron chi connectivity index (χ1n) is 17.3. The van der Waals surface area contributed by atoms with Crippen LogP contribution in [0.3, 0.4) is 0 Å². The Kier molecular flexibility index (Phi) is 10.1. The Morgan fingerprint density at radius 3 is 2.16 bits per heavy atom. The normalized spacial score (nSPS) is 17.9. The van der Waals surface area contributed by atoms with Gasteiger partial charge in [-0.1, -0.05) is 108 Å². The molecular weight excluding hydrogens is 638 g/mol. The van der Waals surface area contributed by atoms with E-state index < -0.39 is 11.6 Å². The van der Waals surface area contributed by atoms with Gasteiger partial charge in [-0.25, -0.2) is 4.99 Å². The van der Waals surface area contributed by atoms with E-state index in [1.54, 1.807) is 0 Å². The van der Waals surface area contributed by atoms with Crippen LogP contribution in [0.25, 0.3) is 21.6 Å². The van der Waals surface area contributed by atoms with Gasteiger partial charge in [0.15, 0.2) is 11.6 Å². The van der Waals surface area contributed by atoms with Crippen LogP contribution in [0.4, 0.5) is 0 Å². The molecule has 0 fully saturated rings. The average molecular weight is 678 g/mol. The number of ether oxygens (including phenoxy) is 2. The van der Waals surface area contributed by atoms with Gasteiger partial charge in [-0.15, -0.1) is 0 Å². The summed E-state index contributed by atoms with van der Waals surface area (Å²) in [5, 5.41) is 16.4. The lowest BCUT2D eigenvalue weighted by molar-refractivity contribution is -0.129. The largest absolute Gasteiger partial charge is 0.494 e. The van der Waals surface area contributed by atoms with Crippen LogP contribution in [0.15, 0.2) is 138 Å². The first kappa shape index (κ1) is 33.6. The maximum absolute atomic E-state index is 15.0. The summed E-state index contributed by atoms with van der Waals surface area (Å²) in [7, 11) is 0. The molecule has 5 aromatic carbocycles. The lowest BCUT2D eigenvalue weighted by Gasteiger charge is -2.32. The molecule has 9 nitrogen and oxygen atoms in total. The summed E-state index contributed by atoms with van der Waals surface area (Å²) in [5.74, 6) is 0.789. The van der Waals surface area contributed by atoms with Crippen molar-refractivity contribution >= 4 is 11.8 Å². The van der Waals surface area contributed by atoms with E-state index in [-0.39, 0.29) is 31.5 Å². The summed E-state index contributed by atoms with van der Waals surface area (Å²) < 4.78 is 12.6. The van der Waals surface area contributed by atoms with E-state index in [1.807, 2.05) is 91.0 Å². The summed E-state index contributed by atoms with van der Waals surface area (Å²) in [6.07, 6.45) is 1.45. The van der Waals surface area contributed by atoms with E-state index in [9.17, 15) is 0 Å². The third kappa shape index (κ3) is 7.36. The summed E-state index contributed by atoms with van der Waals surface area (Å²) >= 11 is 0. The number of nitrogens with one attached hydrogen (secondary N) is 1. The fraction of sp³-hybridized carbons (Fsp3) is 0.238. The number of carbonyl (C=O) groups is 1. The molecule has 0 aromatic heterocycles. The Labute approximate surface area is 297 Å². The van der Waals surface area contributed by atoms with Gasteiger partial charge in [-0.05, 0) is 81.6 Å². The zero-order chi connectivity index (χ0) is 35.0. The van der Waals surface area contributed by atoms with Crippen molar-refractivity contribution in [1.29, 1.82) is 0 Å². The van der Waals surface area contributed by atoms with Gasteiger partial charge in [0.25, 0.3) is 5.91 Å². The quantitative estimate of drug-likeness (QED) is 0.0573. The molecule has 2 aliphatic rings. The molecule has 0 bridgehead atoms. The predicted molar refractivity (Wildman–Crippen MR) is 197 cm³/mol. The minimum absolute atomic E-state index is 0.0551. The van der Waals surface area contributed by atoms with Crippen molar-refractivity contribution in [1.82, 2.24) is 5.32 Å². The van der Waals surface area contributed by atoms with Crippen molar-refractivity contribution in [3.05, 3.63) is 171 Å². The summed E-state index contributed by atoms with van der Waals surface area (Å²) in [6.45, 7) is 0.603. The minimum atomic E-state index is -1.40. The highest BCUT2D eigenvalue weighted by atomic mass is 16.5. The molecule has 7 rings (SSSR count). The molecule has 0 spiro atoms. The van der Waals surface area contributed by atoms with Gasteiger partial charge in [0.1, 0.15) is 5.75 Å². The molecule has 1 aliphatic heterocycles. The highest BCUT2D eigenvalue weighted by Crippen LogP contribution is 2.44. The predicted octanol–water partition coefficient (Wildman–Crippen LogP) is 7.71. The second kappa shape index (κ2) is 15.3. The second-order valence-electron chi connectivity index (χ2n) is 13.0. The van der Waals surface area contributed by atoms with Gasteiger partial charge >= 0.3 is 0 Å². The standard InChI is InChI=1S/C42H39N5O4/c43-47-44-28-36-14-7-6-13-35(36)27-42(41(49)45-37-25-33-11-4-5-12-34(33)26-37)39(31-17-15-30(16-18-31)29-9-2-1-3-10-29)51-40(46-42)32-19-21-38(22-20-32)50-24-8-23-48/h1-7,9-22,37,39,48H,8,23-28H2,(H,45,49)/t39-,42-/m1/s1. The molecule has 1 amide bonds. The molecule has 5 aromatic rings. The number of nitrogens with zero attached hydrogens (tertiary/aromatic N) is 4. The van der Waals surface area contributed by atoms with Crippen LogP contribution in [-0.4, -0.2) is 41.7 Å². The Hall–Kier alpha value is -5.89. The number of hydrogen-bond acceptors (Lipinski definition) is 6. The van der Waals surface area contributed by atoms with Crippen LogP contribution in [0.1, 0.15) is 45.9 Å². The van der Waals surface area contributed by atoms with Gasteiger partial charge in [-0.2, -0.15) is 0 Å². The molecule has 256 valence electrons. The Balaban J connectivity index is 1.31. The zero-order valence-corrected chi connectivity index (χ0v) is 28.2. The number of benzene rings is 5. The van der Waals surface area contributed by atoms with Crippen molar-refractivity contribution in [3.8, 4) is 16.9 Å². The third-order valence-corrected chi connectivity index (χ3v) is 9.62. The average Bonchev–Trinajstić information content (AvgIpc) is 3.77. The van der Waals surface area contributed by atoms with Crippen molar-refractivity contribution in [2.75, 3.05) is 13.2 Å². The van der Waals surface area contributed by atoms with Crippen molar-refractivity contribution < 1.29 is 19.4 Å². The minimum Gasteiger partial charge on any atom is -0.494 e. The van der Waals surface area contributed by atoms with Crippen LogP contribution in [0.2, 0.25) is 0 Å². The molecule has 0 saturated heterocycles. The van der Waals surface area contributed by atoms with Crippen LogP contribution in [0.5, 0.6) is 5.75 Å². The summed E-state index contributed by atoms with van der Waals surface area (Å²) in [6, 6.07) is 41.6. The molecule has 2 atom stereocenters. The third-order valence-electron chi connectivity index (χ3n) is 9.62. The molecule has 0 unspecified atom stereocenters. The van der Waals surface area contributed by atoms with Crippen LogP contribution >= 0.6 is 0 Å². The molecule has 9 heteroatoms. The highest BCUT2D eigenvalue weighted by Gasteiger charge is 2.54. The van der Waals surface area contributed by atoms with Crippen molar-refractivity contribution in [2.45, 2.75) is 49.9 Å². The molecule has 0 radical (unpaired) electrons. The van der Waals surface area contributed by atoms with Crippen LogP contribution < -0.4 is 10.1 Å². The maximum atomic E-state index is 15.0. The van der Waals surface area contributed by atoms with Crippen molar-refractivity contribution in [2.24, 2.45) is 10.1 Å². The Morgan fingerprint density at radius 1 is 0.843 bits per heavy atom. The molecule has 51 heavy (non-hydrogen) atoms. The monoisotopic (exact) mass is 677 g/mol. The first-order valence-corrected chi connectivity index (χ1v) is 17.3. The van der Waals surface area contributed by atoms with Gasteiger partial charge < -0.3 is 19.9 Å². The van der Waals surface area contributed by atoms with E-state index in [0.29, 0.717) is 30.2 Å². The van der Waals surface area contributed by atoms with Gasteiger partial charge in [0.2, 0.25) is 5.90 Å². The number of rotatable bonds is 13. The SMILES string of the molecule is [N-]=[N+]=NCc1ccccc1C[C@@]1(C(=O)NC2Cc3ccccc3C2)N=C(c2ccc(OCCCO)cc2)O[C@@H]1c1ccc(-c2ccccc2)cc1. The van der Waals surface area contributed by atoms with E-state index in [1.165, 1.54) is 11.1 Å². The van der Waals surface area contributed by atoms with E-state index in [0.717, 1.165) is 40.7 Å². The Bertz CT molecular complexity index is 2030. The lowest BCUT2D eigenvalue weighted by Crippen LogP contribution is -2.53. The summed E-state index contributed by atoms with van der Waals surface area (Å²) in [5.41, 5.74) is 15.5. The Morgan fingerprint density at radius 2 is 1.47 bits per heavy atom. The van der Waals surface area contributed by atoms with E-state index >= 15 is 4.79 Å². The molecule has 1 heterocycles. The fourth-order valence-electron chi connectivity index (χ4n) is 7.02. The van der Waals surface area contributed by atoms with Crippen LogP contribution in [-0.2, 0) is 35.3 Å². The number of hydrogen-bond donors (Lipinski definition) is 2. The number of aliphatic hydroxyl groups is 1. The molecular formula is C42H39N5O4. The fourth-order valence-corrected chi connectivity index (χ4v) is 7.02. The zero-order valence-electron chi connectivity index (χ0n) is 28.2. The number of aliphatic imine (C=N–C) groups is 1. The van der Waals surface area contributed by atoms with E-state index in [4.69, 9.17) is 25.1 Å². The number of azide groups is 1. The molecule has 0 saturated carbocycles. The number of fused-ring (bicyclic) bond motifs is 1. The second-order valence-corrected chi connectivity index (χ2v) is 13.0. The van der Waals surface area contributed by atoms with Gasteiger partial charge in [0, 0.05) is 36.0 Å². The first-order chi connectivity index (χ1) is 25.1. The highest BCUT2D eigenvalue weighted by molar-refractivity contribution is 6.01. The number of carbonyl (C=O) groups excluding carboxylic acids is 1. The number of amides is 1. The lowest BCUT2D eigenvalue weighted by atomic mass is 9.80. The van der Waals surface area contributed by atoms with Gasteiger partial charge in [-0.3, -0.25) is 4.79 Å². The maximum Gasteiger partial charge on any atom is 0.252 e. The molecule has 1 aliphatic carbocycles. The number of aliphatic hydroxyl groups excluding tert-OH is 1. The topological polar surface area (TPSA) is 129 Å². The van der Waals surface area contributed by atoms with Crippen LogP contribution in [0, 0.1) is 0 Å².